The molecule has 0 aliphatic rings. The maximum absolute atomic E-state index is 12.3. The number of aryl methyl sites for hydroxylation is 1. The molecule has 1 N–H and O–H groups in total. The van der Waals surface area contributed by atoms with E-state index in [0.29, 0.717) is 28.8 Å². The number of nitrogens with one attached hydrogen (secondary N) is 1. The molecule has 1 heterocycles. The number of rotatable bonds is 8. The first-order chi connectivity index (χ1) is 13.9. The van der Waals surface area contributed by atoms with E-state index in [0.717, 1.165) is 10.8 Å². The molecular weight excluding hydrogens is 408 g/mol. The number of hydrogen-bond acceptors (Lipinski definition) is 5. The van der Waals surface area contributed by atoms with Crippen molar-refractivity contribution in [1.82, 2.24) is 4.98 Å². The lowest BCUT2D eigenvalue weighted by molar-refractivity contribution is -0.115. The van der Waals surface area contributed by atoms with Crippen molar-refractivity contribution < 1.29 is 14.3 Å². The second-order valence-corrected chi connectivity index (χ2v) is 8.22. The largest absolute Gasteiger partial charge is 0.489 e. The van der Waals surface area contributed by atoms with Crippen LogP contribution < -0.4 is 14.8 Å². The monoisotopic (exact) mass is 430 g/mol. The van der Waals surface area contributed by atoms with Gasteiger partial charge in [-0.25, -0.2) is 4.98 Å². The summed E-state index contributed by atoms with van der Waals surface area (Å²) < 4.78 is 11.3. The van der Waals surface area contributed by atoms with Gasteiger partial charge in [0, 0.05) is 11.1 Å². The lowest BCUT2D eigenvalue weighted by Gasteiger charge is -2.12. The molecule has 3 aromatic rings. The Morgan fingerprint density at radius 3 is 2.66 bits per heavy atom. The van der Waals surface area contributed by atoms with Crippen LogP contribution in [0.4, 0.5) is 5.69 Å². The van der Waals surface area contributed by atoms with Crippen molar-refractivity contribution in [2.75, 3.05) is 5.32 Å². The van der Waals surface area contributed by atoms with E-state index in [9.17, 15) is 4.79 Å². The lowest BCUT2D eigenvalue weighted by atomic mass is 10.2. The molecule has 0 aliphatic heterocycles. The number of amides is 1. The standard InChI is InChI=1S/C22H23ClN2O3S/c1-14(2)28-20-9-6-16(10-19(20)23)24-21(26)11-17-13-29-22(25-17)12-27-18-7-4-15(3)5-8-18/h4-10,13-14H,11-12H2,1-3H3,(H,24,26). The first-order valence-electron chi connectivity index (χ1n) is 9.28. The molecule has 0 saturated heterocycles. The number of nitrogens with zero attached hydrogens (tertiary/aromatic N) is 1. The van der Waals surface area contributed by atoms with Crippen LogP contribution in [0.15, 0.2) is 47.8 Å². The SMILES string of the molecule is Cc1ccc(OCc2nc(CC(=O)Nc3ccc(OC(C)C)c(Cl)c3)cs2)cc1. The summed E-state index contributed by atoms with van der Waals surface area (Å²) in [5.74, 6) is 1.24. The number of aromatic nitrogens is 1. The molecule has 0 saturated carbocycles. The van der Waals surface area contributed by atoms with Gasteiger partial charge in [-0.2, -0.15) is 0 Å². The van der Waals surface area contributed by atoms with Gasteiger partial charge in [0.2, 0.25) is 5.91 Å². The van der Waals surface area contributed by atoms with Crippen molar-refractivity contribution in [3.05, 3.63) is 69.1 Å². The number of thiazole rings is 1. The molecule has 0 aliphatic carbocycles. The highest BCUT2D eigenvalue weighted by molar-refractivity contribution is 7.09. The molecule has 0 atom stereocenters. The third-order valence-electron chi connectivity index (χ3n) is 3.90. The Hall–Kier alpha value is -2.57. The van der Waals surface area contributed by atoms with Gasteiger partial charge in [0.1, 0.15) is 23.1 Å². The highest BCUT2D eigenvalue weighted by atomic mass is 35.5. The van der Waals surface area contributed by atoms with Crippen molar-refractivity contribution in [1.29, 1.82) is 0 Å². The number of hydrogen-bond donors (Lipinski definition) is 1. The predicted molar refractivity (Wildman–Crippen MR) is 117 cm³/mol. The summed E-state index contributed by atoms with van der Waals surface area (Å²) in [5, 5.41) is 6.00. The minimum atomic E-state index is -0.158. The zero-order valence-corrected chi connectivity index (χ0v) is 18.1. The maximum atomic E-state index is 12.3. The van der Waals surface area contributed by atoms with Gasteiger partial charge >= 0.3 is 0 Å². The van der Waals surface area contributed by atoms with E-state index in [4.69, 9.17) is 21.1 Å². The number of carbonyl (C=O) groups excluding carboxylic acids is 1. The molecule has 1 amide bonds. The average molecular weight is 431 g/mol. The number of benzene rings is 2. The van der Waals surface area contributed by atoms with E-state index >= 15 is 0 Å². The second kappa shape index (κ2) is 9.76. The van der Waals surface area contributed by atoms with E-state index in [1.54, 1.807) is 18.2 Å². The molecule has 1 aromatic heterocycles. The molecule has 7 heteroatoms. The molecule has 0 spiro atoms. The molecule has 5 nitrogen and oxygen atoms in total. The van der Waals surface area contributed by atoms with Gasteiger partial charge in [-0.05, 0) is 51.1 Å². The van der Waals surface area contributed by atoms with Crippen LogP contribution in [0.2, 0.25) is 5.02 Å². The number of anilines is 1. The maximum Gasteiger partial charge on any atom is 0.230 e. The molecular formula is C22H23ClN2O3S. The Labute approximate surface area is 179 Å². The van der Waals surface area contributed by atoms with Gasteiger partial charge in [-0.15, -0.1) is 11.3 Å². The van der Waals surface area contributed by atoms with Gasteiger partial charge < -0.3 is 14.8 Å². The molecule has 0 radical (unpaired) electrons. The van der Waals surface area contributed by atoms with Crippen LogP contribution in [-0.4, -0.2) is 17.0 Å². The third-order valence-corrected chi connectivity index (χ3v) is 5.07. The first-order valence-corrected chi connectivity index (χ1v) is 10.5. The number of halogens is 1. The molecule has 152 valence electrons. The van der Waals surface area contributed by atoms with Crippen molar-refractivity contribution >= 4 is 34.5 Å². The van der Waals surface area contributed by atoms with Crippen LogP contribution in [0, 0.1) is 6.92 Å². The zero-order valence-electron chi connectivity index (χ0n) is 16.6. The lowest BCUT2D eigenvalue weighted by Crippen LogP contribution is -2.15. The van der Waals surface area contributed by atoms with E-state index in [1.807, 2.05) is 50.4 Å². The number of carbonyl (C=O) groups is 1. The Kier molecular flexibility index (Phi) is 7.12. The van der Waals surface area contributed by atoms with Crippen LogP contribution in [0.1, 0.15) is 30.1 Å². The predicted octanol–water partition coefficient (Wildman–Crippen LogP) is 5.65. The molecule has 0 bridgehead atoms. The van der Waals surface area contributed by atoms with Crippen LogP contribution in [0.3, 0.4) is 0 Å². The van der Waals surface area contributed by atoms with Gasteiger partial charge in [-0.1, -0.05) is 29.3 Å². The summed E-state index contributed by atoms with van der Waals surface area (Å²) in [7, 11) is 0. The molecule has 2 aromatic carbocycles. The fourth-order valence-electron chi connectivity index (χ4n) is 2.57. The van der Waals surface area contributed by atoms with Crippen molar-refractivity contribution in [2.24, 2.45) is 0 Å². The zero-order chi connectivity index (χ0) is 20.8. The summed E-state index contributed by atoms with van der Waals surface area (Å²) in [6.07, 6.45) is 0.213. The van der Waals surface area contributed by atoms with Gasteiger partial charge in [-0.3, -0.25) is 4.79 Å². The highest BCUT2D eigenvalue weighted by Gasteiger charge is 2.11. The smallest absolute Gasteiger partial charge is 0.230 e. The summed E-state index contributed by atoms with van der Waals surface area (Å²) in [4.78, 5) is 16.8. The van der Waals surface area contributed by atoms with Gasteiger partial charge in [0.25, 0.3) is 0 Å². The van der Waals surface area contributed by atoms with Crippen molar-refractivity contribution in [3.8, 4) is 11.5 Å². The topological polar surface area (TPSA) is 60.5 Å². The minimum Gasteiger partial charge on any atom is -0.489 e. The average Bonchev–Trinajstić information content (AvgIpc) is 3.10. The summed E-state index contributed by atoms with van der Waals surface area (Å²) in [5.41, 5.74) is 2.51. The Balaban J connectivity index is 1.52. The molecule has 0 fully saturated rings. The van der Waals surface area contributed by atoms with Gasteiger partial charge in [0.15, 0.2) is 0 Å². The number of ether oxygens (including phenoxy) is 2. The highest BCUT2D eigenvalue weighted by Crippen LogP contribution is 2.28. The Morgan fingerprint density at radius 2 is 1.97 bits per heavy atom. The Bertz CT molecular complexity index is 970. The van der Waals surface area contributed by atoms with E-state index in [2.05, 4.69) is 10.3 Å². The van der Waals surface area contributed by atoms with E-state index in [1.165, 1.54) is 16.9 Å². The quantitative estimate of drug-likeness (QED) is 0.501. The normalized spacial score (nSPS) is 10.8. The van der Waals surface area contributed by atoms with Crippen LogP contribution >= 0.6 is 22.9 Å². The second-order valence-electron chi connectivity index (χ2n) is 6.87. The van der Waals surface area contributed by atoms with Crippen molar-refractivity contribution in [3.63, 3.8) is 0 Å². The molecule has 3 rings (SSSR count). The third kappa shape index (κ3) is 6.48. The summed E-state index contributed by atoms with van der Waals surface area (Å²) in [6.45, 7) is 6.27. The van der Waals surface area contributed by atoms with Crippen LogP contribution in [-0.2, 0) is 17.8 Å². The van der Waals surface area contributed by atoms with E-state index < -0.39 is 0 Å². The van der Waals surface area contributed by atoms with E-state index in [-0.39, 0.29) is 18.4 Å². The summed E-state index contributed by atoms with van der Waals surface area (Å²) in [6, 6.07) is 13.1. The van der Waals surface area contributed by atoms with Crippen LogP contribution in [0.5, 0.6) is 11.5 Å². The molecule has 0 unspecified atom stereocenters. The molecule has 29 heavy (non-hydrogen) atoms. The summed E-state index contributed by atoms with van der Waals surface area (Å²) >= 11 is 7.69. The first kappa shape index (κ1) is 21.1. The van der Waals surface area contributed by atoms with Gasteiger partial charge in [0.05, 0.1) is 23.2 Å². The fraction of sp³-hybridized carbons (Fsp3) is 0.273. The minimum absolute atomic E-state index is 0.0294. The Morgan fingerprint density at radius 1 is 1.21 bits per heavy atom. The van der Waals surface area contributed by atoms with Crippen LogP contribution in [0.25, 0.3) is 0 Å². The van der Waals surface area contributed by atoms with Crippen molar-refractivity contribution in [2.45, 2.75) is 39.9 Å². The fourth-order valence-corrected chi connectivity index (χ4v) is 3.50.